The first kappa shape index (κ1) is 16.8. The maximum Gasteiger partial charge on any atom is 0.337 e. The van der Waals surface area contributed by atoms with Crippen LogP contribution in [0.1, 0.15) is 41.6 Å². The highest BCUT2D eigenvalue weighted by atomic mass is 35.5. The number of anilines is 1. The Morgan fingerprint density at radius 3 is 2.68 bits per heavy atom. The summed E-state index contributed by atoms with van der Waals surface area (Å²) in [6, 6.07) is 5.56. The summed E-state index contributed by atoms with van der Waals surface area (Å²) in [6.45, 7) is 6.97. The summed E-state index contributed by atoms with van der Waals surface area (Å²) in [7, 11) is 1.39. The van der Waals surface area contributed by atoms with E-state index < -0.39 is 0 Å². The number of halogens is 1. The van der Waals surface area contributed by atoms with Crippen LogP contribution in [-0.4, -0.2) is 18.1 Å². The smallest absolute Gasteiger partial charge is 0.337 e. The van der Waals surface area contributed by atoms with Crippen LogP contribution in [0.2, 0.25) is 4.47 Å². The second kappa shape index (κ2) is 6.67. The third kappa shape index (κ3) is 3.99. The van der Waals surface area contributed by atoms with Gasteiger partial charge in [0.05, 0.1) is 19.2 Å². The Bertz CT molecular complexity index is 677. The van der Waals surface area contributed by atoms with Crippen molar-refractivity contribution in [3.63, 3.8) is 0 Å². The summed E-state index contributed by atoms with van der Waals surface area (Å²) in [5.74, 6) is -0.328. The monoisotopic (exact) mass is 338 g/mol. The first-order chi connectivity index (χ1) is 10.3. The van der Waals surface area contributed by atoms with Crippen molar-refractivity contribution >= 4 is 34.6 Å². The van der Waals surface area contributed by atoms with E-state index in [4.69, 9.17) is 16.3 Å². The molecule has 0 atom stereocenters. The van der Waals surface area contributed by atoms with E-state index >= 15 is 0 Å². The fraction of sp³-hybridized carbons (Fsp3) is 0.375. The SMILES string of the molecule is COC(=O)c1ccc(NCc2cnc(Cl)s2)c(C(C)(C)C)c1. The molecule has 0 saturated heterocycles. The van der Waals surface area contributed by atoms with E-state index in [-0.39, 0.29) is 11.4 Å². The zero-order valence-corrected chi connectivity index (χ0v) is 14.6. The molecule has 1 N–H and O–H groups in total. The third-order valence-corrected chi connectivity index (χ3v) is 4.34. The Hall–Kier alpha value is -1.59. The highest BCUT2D eigenvalue weighted by Gasteiger charge is 2.20. The van der Waals surface area contributed by atoms with Crippen molar-refractivity contribution in [3.8, 4) is 0 Å². The van der Waals surface area contributed by atoms with E-state index in [9.17, 15) is 4.79 Å². The van der Waals surface area contributed by atoms with E-state index in [2.05, 4.69) is 31.1 Å². The van der Waals surface area contributed by atoms with Crippen LogP contribution in [0.25, 0.3) is 0 Å². The topological polar surface area (TPSA) is 51.2 Å². The minimum atomic E-state index is -0.328. The van der Waals surface area contributed by atoms with Gasteiger partial charge in [-0.2, -0.15) is 0 Å². The Labute approximate surface area is 139 Å². The largest absolute Gasteiger partial charge is 0.465 e. The molecule has 2 rings (SSSR count). The molecule has 22 heavy (non-hydrogen) atoms. The predicted molar refractivity (Wildman–Crippen MR) is 90.9 cm³/mol. The van der Waals surface area contributed by atoms with E-state index in [0.29, 0.717) is 16.6 Å². The average Bonchev–Trinajstić information content (AvgIpc) is 2.88. The number of carbonyl (C=O) groups excluding carboxylic acids is 1. The molecule has 4 nitrogen and oxygen atoms in total. The number of hydrogen-bond donors (Lipinski definition) is 1. The molecule has 6 heteroatoms. The fourth-order valence-corrected chi connectivity index (χ4v) is 3.03. The lowest BCUT2D eigenvalue weighted by Gasteiger charge is -2.24. The van der Waals surface area contributed by atoms with Gasteiger partial charge in [0.25, 0.3) is 0 Å². The van der Waals surface area contributed by atoms with Crippen molar-refractivity contribution in [3.05, 3.63) is 44.9 Å². The summed E-state index contributed by atoms with van der Waals surface area (Å²) in [5, 5.41) is 3.39. The molecule has 0 amide bonds. The number of thiazole rings is 1. The summed E-state index contributed by atoms with van der Waals surface area (Å²) in [6.07, 6.45) is 1.76. The van der Waals surface area contributed by atoms with Gasteiger partial charge in [-0.15, -0.1) is 11.3 Å². The number of methoxy groups -OCH3 is 1. The Morgan fingerprint density at radius 1 is 1.41 bits per heavy atom. The molecule has 1 aromatic carbocycles. The van der Waals surface area contributed by atoms with Gasteiger partial charge in [0.15, 0.2) is 4.47 Å². The molecule has 0 aliphatic heterocycles. The third-order valence-electron chi connectivity index (χ3n) is 3.23. The van der Waals surface area contributed by atoms with Crippen LogP contribution in [0.3, 0.4) is 0 Å². The predicted octanol–water partition coefficient (Wildman–Crippen LogP) is 4.49. The molecule has 118 valence electrons. The number of rotatable bonds is 4. The van der Waals surface area contributed by atoms with E-state index in [1.807, 2.05) is 12.1 Å². The number of nitrogens with zero attached hydrogens (tertiary/aromatic N) is 1. The van der Waals surface area contributed by atoms with Crippen molar-refractivity contribution in [2.24, 2.45) is 0 Å². The number of aromatic nitrogens is 1. The average molecular weight is 339 g/mol. The van der Waals surface area contributed by atoms with E-state index in [1.54, 1.807) is 12.3 Å². The zero-order valence-electron chi connectivity index (χ0n) is 13.1. The minimum Gasteiger partial charge on any atom is -0.465 e. The Balaban J connectivity index is 2.27. The van der Waals surface area contributed by atoms with Gasteiger partial charge in [0.2, 0.25) is 0 Å². The molecule has 2 aromatic rings. The molecule has 0 aliphatic rings. The normalized spacial score (nSPS) is 11.3. The second-order valence-electron chi connectivity index (χ2n) is 5.94. The summed E-state index contributed by atoms with van der Waals surface area (Å²) < 4.78 is 5.33. The van der Waals surface area contributed by atoms with Crippen molar-refractivity contribution in [2.75, 3.05) is 12.4 Å². The maximum atomic E-state index is 11.7. The molecular formula is C16H19ClN2O2S. The van der Waals surface area contributed by atoms with E-state index in [1.165, 1.54) is 18.4 Å². The molecule has 0 bridgehead atoms. The number of ether oxygens (including phenoxy) is 1. The Kier molecular flexibility index (Phi) is 5.08. The molecular weight excluding hydrogens is 320 g/mol. The van der Waals surface area contributed by atoms with Crippen LogP contribution in [0, 0.1) is 0 Å². The number of esters is 1. The lowest BCUT2D eigenvalue weighted by molar-refractivity contribution is 0.0600. The van der Waals surface area contributed by atoms with Crippen molar-refractivity contribution < 1.29 is 9.53 Å². The summed E-state index contributed by atoms with van der Waals surface area (Å²) in [4.78, 5) is 16.8. The molecule has 0 saturated carbocycles. The fourth-order valence-electron chi connectivity index (χ4n) is 2.11. The standard InChI is InChI=1S/C16H19ClN2O2S/c1-16(2,3)12-7-10(14(20)21-4)5-6-13(12)18-8-11-9-19-15(17)22-11/h5-7,9,18H,8H2,1-4H3. The quantitative estimate of drug-likeness (QED) is 0.834. The molecule has 0 spiro atoms. The Morgan fingerprint density at radius 2 is 2.14 bits per heavy atom. The van der Waals surface area contributed by atoms with Gasteiger partial charge in [-0.05, 0) is 29.2 Å². The summed E-state index contributed by atoms with van der Waals surface area (Å²) >= 11 is 7.30. The lowest BCUT2D eigenvalue weighted by atomic mass is 9.84. The molecule has 0 fully saturated rings. The van der Waals surface area contributed by atoms with Gasteiger partial charge >= 0.3 is 5.97 Å². The van der Waals surface area contributed by atoms with Crippen LogP contribution in [0.5, 0.6) is 0 Å². The number of carbonyl (C=O) groups is 1. The highest BCUT2D eigenvalue weighted by Crippen LogP contribution is 2.31. The number of benzene rings is 1. The van der Waals surface area contributed by atoms with Crippen LogP contribution in [-0.2, 0) is 16.7 Å². The number of hydrogen-bond acceptors (Lipinski definition) is 5. The number of nitrogens with one attached hydrogen (secondary N) is 1. The van der Waals surface area contributed by atoms with Crippen molar-refractivity contribution in [1.29, 1.82) is 0 Å². The van der Waals surface area contributed by atoms with Crippen molar-refractivity contribution in [1.82, 2.24) is 4.98 Å². The van der Waals surface area contributed by atoms with E-state index in [0.717, 1.165) is 16.1 Å². The minimum absolute atomic E-state index is 0.0995. The second-order valence-corrected chi connectivity index (χ2v) is 7.63. The molecule has 1 aromatic heterocycles. The molecule has 0 aliphatic carbocycles. The first-order valence-corrected chi connectivity index (χ1v) is 8.07. The van der Waals surface area contributed by atoms with Gasteiger partial charge in [0, 0.05) is 16.8 Å². The van der Waals surface area contributed by atoms with Crippen LogP contribution in [0.15, 0.2) is 24.4 Å². The van der Waals surface area contributed by atoms with Gasteiger partial charge in [0.1, 0.15) is 0 Å². The molecule has 0 unspecified atom stereocenters. The highest BCUT2D eigenvalue weighted by molar-refractivity contribution is 7.15. The molecule has 0 radical (unpaired) electrons. The van der Waals surface area contributed by atoms with Crippen LogP contribution >= 0.6 is 22.9 Å². The van der Waals surface area contributed by atoms with Crippen molar-refractivity contribution in [2.45, 2.75) is 32.7 Å². The lowest BCUT2D eigenvalue weighted by Crippen LogP contribution is -2.16. The summed E-state index contributed by atoms with van der Waals surface area (Å²) in [5.41, 5.74) is 2.51. The first-order valence-electron chi connectivity index (χ1n) is 6.88. The van der Waals surface area contributed by atoms with Gasteiger partial charge < -0.3 is 10.1 Å². The zero-order chi connectivity index (χ0) is 16.3. The van der Waals surface area contributed by atoms with Crippen LogP contribution in [0.4, 0.5) is 5.69 Å². The maximum absolute atomic E-state index is 11.7. The van der Waals surface area contributed by atoms with Gasteiger partial charge in [-0.25, -0.2) is 9.78 Å². The molecule has 1 heterocycles. The van der Waals surface area contributed by atoms with Crippen LogP contribution < -0.4 is 5.32 Å². The van der Waals surface area contributed by atoms with Gasteiger partial charge in [-0.3, -0.25) is 0 Å². The van der Waals surface area contributed by atoms with Gasteiger partial charge in [-0.1, -0.05) is 32.4 Å².